The van der Waals surface area contributed by atoms with Gasteiger partial charge >= 0.3 is 6.03 Å². The van der Waals surface area contributed by atoms with Gasteiger partial charge in [-0.3, -0.25) is 0 Å². The Morgan fingerprint density at radius 1 is 1.09 bits per heavy atom. The molecule has 2 atom stereocenters. The molecule has 0 radical (unpaired) electrons. The minimum absolute atomic E-state index is 0.0551. The first-order valence-electron chi connectivity index (χ1n) is 11.1. The highest BCUT2D eigenvalue weighted by Gasteiger charge is 2.24. The van der Waals surface area contributed by atoms with Gasteiger partial charge in [0, 0.05) is 26.2 Å². The van der Waals surface area contributed by atoms with Crippen molar-refractivity contribution in [2.24, 2.45) is 0 Å². The van der Waals surface area contributed by atoms with Gasteiger partial charge in [-0.15, -0.1) is 0 Å². The van der Waals surface area contributed by atoms with Crippen molar-refractivity contribution in [1.29, 1.82) is 0 Å². The summed E-state index contributed by atoms with van der Waals surface area (Å²) in [7, 11) is 0. The molecule has 2 N–H and O–H groups in total. The molecule has 1 aromatic heterocycles. The molecule has 2 unspecified atom stereocenters. The number of halogens is 1. The molecule has 2 heterocycles. The fourth-order valence-electron chi connectivity index (χ4n) is 4.08. The van der Waals surface area contributed by atoms with E-state index in [9.17, 15) is 9.18 Å². The molecule has 174 valence electrons. The average molecular weight is 453 g/mol. The van der Waals surface area contributed by atoms with Crippen LogP contribution in [0.4, 0.5) is 14.9 Å². The van der Waals surface area contributed by atoms with Gasteiger partial charge in [-0.25, -0.2) is 18.9 Å². The second-order valence-electron chi connectivity index (χ2n) is 8.35. The van der Waals surface area contributed by atoms with Crippen molar-refractivity contribution in [3.05, 3.63) is 77.6 Å². The van der Waals surface area contributed by atoms with Gasteiger partial charge < -0.3 is 20.3 Å². The molecule has 4 rings (SSSR count). The normalized spacial score (nSPS) is 18.2. The van der Waals surface area contributed by atoms with Crippen molar-refractivity contribution in [2.45, 2.75) is 45.7 Å². The van der Waals surface area contributed by atoms with Gasteiger partial charge in [-0.1, -0.05) is 30.3 Å². The number of morpholine rings is 1. The lowest BCUT2D eigenvalue weighted by atomic mass is 10.1. The maximum absolute atomic E-state index is 14.8. The minimum atomic E-state index is -0.314. The fraction of sp³-hybridized carbons (Fsp3) is 0.375. The van der Waals surface area contributed by atoms with Crippen LogP contribution in [-0.2, 0) is 24.4 Å². The molecule has 1 saturated heterocycles. The standard InChI is InChI=1S/C24H29FN6O2/c1-17-12-30(13-18(2)33-17)23-8-7-19(9-22(23)25)10-27-24(32)28-11-20-5-3-4-6-21(20)14-31-16-26-15-29-31/h3-9,15-18H,10-14H2,1-2H3,(H2,27,28,32). The second-order valence-corrected chi connectivity index (χ2v) is 8.35. The van der Waals surface area contributed by atoms with E-state index in [-0.39, 0.29) is 30.6 Å². The molecule has 0 aliphatic carbocycles. The quantitative estimate of drug-likeness (QED) is 0.576. The molecule has 2 amide bonds. The first-order chi connectivity index (χ1) is 16.0. The van der Waals surface area contributed by atoms with Crippen LogP contribution in [-0.4, -0.2) is 46.1 Å². The molecule has 2 aromatic carbocycles. The van der Waals surface area contributed by atoms with Crippen molar-refractivity contribution in [3.8, 4) is 0 Å². The van der Waals surface area contributed by atoms with Crippen LogP contribution >= 0.6 is 0 Å². The zero-order valence-corrected chi connectivity index (χ0v) is 18.9. The Hall–Kier alpha value is -3.46. The van der Waals surface area contributed by atoms with Crippen LogP contribution in [0.5, 0.6) is 0 Å². The van der Waals surface area contributed by atoms with Crippen molar-refractivity contribution in [3.63, 3.8) is 0 Å². The number of anilines is 1. The maximum Gasteiger partial charge on any atom is 0.315 e. The third-order valence-electron chi connectivity index (χ3n) is 5.58. The van der Waals surface area contributed by atoms with Gasteiger partial charge in [0.05, 0.1) is 24.4 Å². The van der Waals surface area contributed by atoms with Crippen molar-refractivity contribution >= 4 is 11.7 Å². The summed E-state index contributed by atoms with van der Waals surface area (Å²) < 4.78 is 22.2. The zero-order valence-electron chi connectivity index (χ0n) is 18.9. The number of ether oxygens (including phenoxy) is 1. The Morgan fingerprint density at radius 3 is 2.52 bits per heavy atom. The maximum atomic E-state index is 14.8. The highest BCUT2D eigenvalue weighted by Crippen LogP contribution is 2.24. The average Bonchev–Trinajstić information content (AvgIpc) is 3.29. The lowest BCUT2D eigenvalue weighted by molar-refractivity contribution is -0.00539. The van der Waals surface area contributed by atoms with E-state index in [4.69, 9.17) is 4.74 Å². The van der Waals surface area contributed by atoms with Crippen molar-refractivity contribution in [1.82, 2.24) is 25.4 Å². The molecule has 33 heavy (non-hydrogen) atoms. The molecule has 0 bridgehead atoms. The molecule has 3 aromatic rings. The highest BCUT2D eigenvalue weighted by atomic mass is 19.1. The Labute approximate surface area is 192 Å². The molecule has 8 nitrogen and oxygen atoms in total. The molecule has 1 aliphatic rings. The minimum Gasteiger partial charge on any atom is -0.372 e. The van der Waals surface area contributed by atoms with E-state index in [1.807, 2.05) is 49.1 Å². The monoisotopic (exact) mass is 452 g/mol. The summed E-state index contributed by atoms with van der Waals surface area (Å²) >= 11 is 0. The Balaban J connectivity index is 1.29. The predicted molar refractivity (Wildman–Crippen MR) is 123 cm³/mol. The number of rotatable bonds is 7. The Bertz CT molecular complexity index is 1060. The molecule has 1 aliphatic heterocycles. The van der Waals surface area contributed by atoms with E-state index in [1.54, 1.807) is 17.1 Å². The molecule has 0 spiro atoms. The molecule has 1 fully saturated rings. The van der Waals surface area contributed by atoms with E-state index in [1.165, 1.54) is 12.4 Å². The van der Waals surface area contributed by atoms with E-state index >= 15 is 0 Å². The van der Waals surface area contributed by atoms with Gasteiger partial charge in [0.2, 0.25) is 0 Å². The highest BCUT2D eigenvalue weighted by molar-refractivity contribution is 5.73. The SMILES string of the molecule is CC1CN(c2ccc(CNC(=O)NCc3ccccc3Cn3cncn3)cc2F)CC(C)O1. The number of hydrogen-bond acceptors (Lipinski definition) is 5. The van der Waals surface area contributed by atoms with Gasteiger partial charge in [0.15, 0.2) is 0 Å². The van der Waals surface area contributed by atoms with E-state index < -0.39 is 0 Å². The summed E-state index contributed by atoms with van der Waals surface area (Å²) in [6, 6.07) is 12.6. The third kappa shape index (κ3) is 6.07. The van der Waals surface area contributed by atoms with Crippen LogP contribution in [0, 0.1) is 5.82 Å². The Kier molecular flexibility index (Phi) is 7.19. The van der Waals surface area contributed by atoms with Crippen LogP contribution in [0.25, 0.3) is 0 Å². The van der Waals surface area contributed by atoms with E-state index in [0.29, 0.717) is 37.4 Å². The van der Waals surface area contributed by atoms with E-state index in [0.717, 1.165) is 11.1 Å². The number of carbonyl (C=O) groups is 1. The van der Waals surface area contributed by atoms with Crippen LogP contribution in [0.2, 0.25) is 0 Å². The first-order valence-corrected chi connectivity index (χ1v) is 11.1. The first kappa shape index (κ1) is 22.7. The van der Waals surface area contributed by atoms with Crippen molar-refractivity contribution < 1.29 is 13.9 Å². The van der Waals surface area contributed by atoms with E-state index in [2.05, 4.69) is 20.7 Å². The number of aromatic nitrogens is 3. The summed E-state index contributed by atoms with van der Waals surface area (Å²) in [5.74, 6) is -0.293. The number of nitrogens with zero attached hydrogens (tertiary/aromatic N) is 4. The number of benzene rings is 2. The number of hydrogen-bond donors (Lipinski definition) is 2. The number of amides is 2. The summed E-state index contributed by atoms with van der Waals surface area (Å²) in [6.45, 7) is 6.47. The summed E-state index contributed by atoms with van der Waals surface area (Å²) in [5.41, 5.74) is 3.31. The van der Waals surface area contributed by atoms with Crippen LogP contribution in [0.1, 0.15) is 30.5 Å². The van der Waals surface area contributed by atoms with Gasteiger partial charge in [0.1, 0.15) is 18.5 Å². The largest absolute Gasteiger partial charge is 0.372 e. The molecular formula is C24H29FN6O2. The summed E-state index contributed by atoms with van der Waals surface area (Å²) in [4.78, 5) is 18.3. The number of carbonyl (C=O) groups excluding carboxylic acids is 1. The zero-order chi connectivity index (χ0) is 23.2. The summed E-state index contributed by atoms with van der Waals surface area (Å²) in [6.07, 6.45) is 3.26. The lowest BCUT2D eigenvalue weighted by Gasteiger charge is -2.37. The Morgan fingerprint density at radius 2 is 1.82 bits per heavy atom. The van der Waals surface area contributed by atoms with Gasteiger partial charge in [0.25, 0.3) is 0 Å². The van der Waals surface area contributed by atoms with Crippen LogP contribution < -0.4 is 15.5 Å². The predicted octanol–water partition coefficient (Wildman–Crippen LogP) is 3.08. The topological polar surface area (TPSA) is 84.3 Å². The number of urea groups is 1. The second kappa shape index (κ2) is 10.4. The number of nitrogens with one attached hydrogen (secondary N) is 2. The van der Waals surface area contributed by atoms with Crippen molar-refractivity contribution in [2.75, 3.05) is 18.0 Å². The smallest absolute Gasteiger partial charge is 0.315 e. The van der Waals surface area contributed by atoms with Gasteiger partial charge in [-0.05, 0) is 42.7 Å². The van der Waals surface area contributed by atoms with Crippen LogP contribution in [0.3, 0.4) is 0 Å². The molecule has 9 heteroatoms. The third-order valence-corrected chi connectivity index (χ3v) is 5.58. The summed E-state index contributed by atoms with van der Waals surface area (Å²) in [5, 5.41) is 9.79. The van der Waals surface area contributed by atoms with Gasteiger partial charge in [-0.2, -0.15) is 5.10 Å². The molecule has 0 saturated carbocycles. The molecular weight excluding hydrogens is 423 g/mol. The fourth-order valence-corrected chi connectivity index (χ4v) is 4.08. The van der Waals surface area contributed by atoms with Crippen LogP contribution in [0.15, 0.2) is 55.1 Å². The lowest BCUT2D eigenvalue weighted by Crippen LogP contribution is -2.45.